The molecule has 5 heterocycles. The summed E-state index contributed by atoms with van der Waals surface area (Å²) in [6, 6.07) is 12.2. The molecule has 253 valence electrons. The number of rotatable bonds is 9. The van der Waals surface area contributed by atoms with Crippen molar-refractivity contribution in [1.82, 2.24) is 29.6 Å². The molecule has 4 aromatic rings. The van der Waals surface area contributed by atoms with E-state index < -0.39 is 11.8 Å². The summed E-state index contributed by atoms with van der Waals surface area (Å²) in [6.07, 6.45) is 10.1. The number of halogens is 1. The molecule has 0 bridgehead atoms. The molecule has 1 radical (unpaired) electrons. The quantitative estimate of drug-likeness (QED) is 0.194. The summed E-state index contributed by atoms with van der Waals surface area (Å²) in [4.78, 5) is 31.2. The van der Waals surface area contributed by atoms with Gasteiger partial charge >= 0.3 is 6.03 Å². The lowest BCUT2D eigenvalue weighted by Crippen LogP contribution is -2.47. The molecule has 1 aliphatic carbocycles. The predicted octanol–water partition coefficient (Wildman–Crippen LogP) is 7.31. The number of fused-ring (bicyclic) bond motifs is 1. The number of hydrogen-bond donors (Lipinski definition) is 2. The minimum absolute atomic E-state index is 0. The smallest absolute Gasteiger partial charge is 0.316 e. The van der Waals surface area contributed by atoms with E-state index in [2.05, 4.69) is 67.5 Å². The summed E-state index contributed by atoms with van der Waals surface area (Å²) >= 11 is 1.65. The Morgan fingerprint density at radius 3 is 2.40 bits per heavy atom. The van der Waals surface area contributed by atoms with Crippen LogP contribution in [0.5, 0.6) is 0 Å². The van der Waals surface area contributed by atoms with Crippen LogP contribution in [-0.2, 0) is 6.54 Å². The van der Waals surface area contributed by atoms with Gasteiger partial charge in [0.1, 0.15) is 5.82 Å². The summed E-state index contributed by atoms with van der Waals surface area (Å²) in [5.41, 5.74) is 11.9. The Kier molecular flexibility index (Phi) is 11.4. The van der Waals surface area contributed by atoms with Gasteiger partial charge in [0.05, 0.1) is 27.5 Å². The third kappa shape index (κ3) is 7.98. The van der Waals surface area contributed by atoms with Gasteiger partial charge in [-0.15, -0.1) is 11.3 Å². The van der Waals surface area contributed by atoms with Gasteiger partial charge in [-0.3, -0.25) is 19.8 Å². The molecule has 0 unspecified atom stereocenters. The molecule has 2 aliphatic heterocycles. The van der Waals surface area contributed by atoms with Crippen LogP contribution in [0.1, 0.15) is 41.8 Å². The predicted molar refractivity (Wildman–Crippen MR) is 198 cm³/mol. The van der Waals surface area contributed by atoms with Crippen LogP contribution in [0, 0.1) is 12.2 Å². The van der Waals surface area contributed by atoms with Crippen molar-refractivity contribution in [3.05, 3.63) is 96.2 Å². The van der Waals surface area contributed by atoms with Crippen molar-refractivity contribution in [3.8, 4) is 10.6 Å². The molecule has 7 rings (SSSR count). The van der Waals surface area contributed by atoms with Crippen molar-refractivity contribution in [1.29, 1.82) is 0 Å². The SMILES string of the molecule is C.C.C.CN1C=CN(CCN2CCN(Cc3ccc(-c4cc5nccc(C6=C(c7ccc(NC(N)=O)cc7F)[CH]6)c5s4)nc3)CC2)C1.[HH].[HH]. The zero-order valence-electron chi connectivity index (χ0n) is 24.5. The van der Waals surface area contributed by atoms with Crippen LogP contribution in [0.15, 0.2) is 67.3 Å². The van der Waals surface area contributed by atoms with Crippen LogP contribution in [0.25, 0.3) is 31.9 Å². The molecule has 2 amide bonds. The minimum atomic E-state index is -0.726. The number of nitrogens with zero attached hydrogens (tertiary/aromatic N) is 6. The van der Waals surface area contributed by atoms with Crippen LogP contribution >= 0.6 is 11.3 Å². The lowest BCUT2D eigenvalue weighted by molar-refractivity contribution is 0.118. The highest BCUT2D eigenvalue weighted by atomic mass is 32.1. The number of anilines is 1. The number of primary amides is 1. The average molecular weight is 662 g/mol. The second-order valence-electron chi connectivity index (χ2n) is 11.5. The van der Waals surface area contributed by atoms with E-state index in [1.165, 1.54) is 11.6 Å². The third-order valence-electron chi connectivity index (χ3n) is 8.31. The lowest BCUT2D eigenvalue weighted by Gasteiger charge is -2.35. The van der Waals surface area contributed by atoms with Gasteiger partial charge in [-0.05, 0) is 58.7 Å². The number of urea groups is 1. The van der Waals surface area contributed by atoms with Gasteiger partial charge in [0.2, 0.25) is 0 Å². The van der Waals surface area contributed by atoms with E-state index in [1.54, 1.807) is 29.7 Å². The number of piperazine rings is 1. The van der Waals surface area contributed by atoms with Gasteiger partial charge in [-0.1, -0.05) is 28.3 Å². The van der Waals surface area contributed by atoms with Gasteiger partial charge in [-0.2, -0.15) is 0 Å². The van der Waals surface area contributed by atoms with E-state index in [0.29, 0.717) is 11.3 Å². The second kappa shape index (κ2) is 15.1. The number of amides is 2. The van der Waals surface area contributed by atoms with Crippen LogP contribution < -0.4 is 11.1 Å². The molecule has 0 saturated carbocycles. The molecule has 0 spiro atoms. The van der Waals surface area contributed by atoms with Crippen LogP contribution in [0.2, 0.25) is 0 Å². The van der Waals surface area contributed by atoms with Crippen LogP contribution in [-0.4, -0.2) is 88.6 Å². The van der Waals surface area contributed by atoms with Crippen molar-refractivity contribution in [2.45, 2.75) is 28.8 Å². The Morgan fingerprint density at radius 1 is 0.957 bits per heavy atom. The number of thiophene rings is 1. The number of nitrogens with two attached hydrogens (primary N) is 1. The molecule has 1 fully saturated rings. The third-order valence-corrected chi connectivity index (χ3v) is 9.49. The first kappa shape index (κ1) is 35.5. The molecule has 1 saturated heterocycles. The fourth-order valence-electron chi connectivity index (χ4n) is 5.88. The Hall–Kier alpha value is -4.32. The lowest BCUT2D eigenvalue weighted by atomic mass is 10.1. The van der Waals surface area contributed by atoms with Gasteiger partial charge < -0.3 is 20.9 Å². The van der Waals surface area contributed by atoms with Crippen molar-refractivity contribution < 1.29 is 12.0 Å². The number of pyridine rings is 2. The van der Waals surface area contributed by atoms with E-state index in [0.717, 1.165) is 90.0 Å². The molecular weight excluding hydrogens is 612 g/mol. The number of benzene rings is 1. The standard InChI is InChI=1S/C33H34FN8OS.3CH4.2H2/c1-39-8-9-42(21-39)15-12-40-10-13-41(14-11-40)20-22-2-5-29(37-19-22)31-18-30-32(44-31)25(6-7-36-30)27-17-26(27)24-4-3-23(16-28(24)34)38-33(35)43;;;;;/h2-9,16-19H,10-15,20-21H2,1H3,(H3,35,38,43);3*1H4;2*1H. The molecule has 3 N–H and O–H groups in total. The number of aromatic nitrogens is 2. The van der Waals surface area contributed by atoms with E-state index >= 15 is 0 Å². The fourth-order valence-corrected chi connectivity index (χ4v) is 7.00. The van der Waals surface area contributed by atoms with E-state index in [-0.39, 0.29) is 25.1 Å². The normalized spacial score (nSPS) is 16.1. The summed E-state index contributed by atoms with van der Waals surface area (Å²) in [5.74, 6) is -0.413. The molecule has 47 heavy (non-hydrogen) atoms. The Morgan fingerprint density at radius 2 is 1.72 bits per heavy atom. The Balaban J connectivity index is 0.00000167. The first-order chi connectivity index (χ1) is 21.4. The van der Waals surface area contributed by atoms with Crippen LogP contribution in [0.3, 0.4) is 0 Å². The summed E-state index contributed by atoms with van der Waals surface area (Å²) in [5, 5.41) is 2.41. The summed E-state index contributed by atoms with van der Waals surface area (Å²) in [7, 11) is 2.11. The van der Waals surface area contributed by atoms with Gasteiger partial charge in [0.25, 0.3) is 0 Å². The monoisotopic (exact) mass is 661 g/mol. The zero-order valence-corrected chi connectivity index (χ0v) is 25.4. The number of carbonyl (C=O) groups excluding carboxylic acids is 1. The fraction of sp³-hybridized carbons (Fsp3) is 0.333. The molecule has 3 aromatic heterocycles. The minimum Gasteiger partial charge on any atom is -0.362 e. The zero-order chi connectivity index (χ0) is 30.2. The molecular formula is C36H50FN8OS. The maximum Gasteiger partial charge on any atom is 0.316 e. The average Bonchev–Trinajstić information content (AvgIpc) is 3.47. The summed E-state index contributed by atoms with van der Waals surface area (Å²) < 4.78 is 15.9. The van der Waals surface area contributed by atoms with E-state index in [9.17, 15) is 9.18 Å². The van der Waals surface area contributed by atoms with Gasteiger partial charge in [0.15, 0.2) is 0 Å². The first-order valence-corrected chi connectivity index (χ1v) is 15.6. The van der Waals surface area contributed by atoms with E-state index in [1.807, 2.05) is 18.7 Å². The van der Waals surface area contributed by atoms with Crippen molar-refractivity contribution in [2.24, 2.45) is 5.73 Å². The van der Waals surface area contributed by atoms with Gasteiger partial charge in [0, 0.05) is 98.2 Å². The van der Waals surface area contributed by atoms with Crippen molar-refractivity contribution in [3.63, 3.8) is 0 Å². The molecule has 0 atom stereocenters. The molecule has 11 heteroatoms. The number of hydrogen-bond acceptors (Lipinski definition) is 8. The van der Waals surface area contributed by atoms with E-state index in [4.69, 9.17) is 10.7 Å². The van der Waals surface area contributed by atoms with Gasteiger partial charge in [-0.25, -0.2) is 9.18 Å². The highest BCUT2D eigenvalue weighted by molar-refractivity contribution is 7.22. The maximum atomic E-state index is 14.8. The molecule has 1 aromatic carbocycles. The first-order valence-electron chi connectivity index (χ1n) is 14.8. The number of carbonyl (C=O) groups is 1. The van der Waals surface area contributed by atoms with Crippen LogP contribution in [0.4, 0.5) is 14.9 Å². The van der Waals surface area contributed by atoms with Crippen molar-refractivity contribution >= 4 is 44.4 Å². The molecule has 9 nitrogen and oxygen atoms in total. The number of nitrogens with one attached hydrogen (secondary N) is 1. The Bertz CT molecular complexity index is 1770. The largest absolute Gasteiger partial charge is 0.362 e. The highest BCUT2D eigenvalue weighted by Crippen LogP contribution is 2.50. The molecule has 3 aliphatic rings. The second-order valence-corrected chi connectivity index (χ2v) is 12.6. The Labute approximate surface area is 285 Å². The number of allylic oxidation sites excluding steroid dienone is 2. The highest BCUT2D eigenvalue weighted by Gasteiger charge is 2.29. The summed E-state index contributed by atoms with van der Waals surface area (Å²) in [6.45, 7) is 8.38. The topological polar surface area (TPSA) is 93.9 Å². The van der Waals surface area contributed by atoms with Crippen molar-refractivity contribution in [2.75, 3.05) is 58.3 Å². The maximum absolute atomic E-state index is 14.8.